The third-order valence-electron chi connectivity index (χ3n) is 5.61. The number of hydrogen-bond donors (Lipinski definition) is 1. The van der Waals surface area contributed by atoms with Crippen molar-refractivity contribution in [3.63, 3.8) is 0 Å². The number of hydrogen-bond acceptors (Lipinski definition) is 6. The molecule has 3 aromatic rings. The number of nitrogens with one attached hydrogen (secondary N) is 1. The Hall–Kier alpha value is -4.01. The van der Waals surface area contributed by atoms with Gasteiger partial charge in [-0.15, -0.1) is 0 Å². The minimum absolute atomic E-state index is 0.220. The van der Waals surface area contributed by atoms with E-state index in [1.165, 1.54) is 6.08 Å². The Morgan fingerprint density at radius 1 is 0.897 bits per heavy atom. The van der Waals surface area contributed by atoms with Gasteiger partial charge < -0.3 is 14.2 Å². The van der Waals surface area contributed by atoms with Crippen LogP contribution in [0.2, 0.25) is 10.0 Å². The molecule has 1 aliphatic heterocycles. The van der Waals surface area contributed by atoms with E-state index in [4.69, 9.17) is 37.4 Å². The van der Waals surface area contributed by atoms with Crippen LogP contribution >= 0.6 is 23.2 Å². The van der Waals surface area contributed by atoms with Gasteiger partial charge in [-0.05, 0) is 79.1 Å². The predicted molar refractivity (Wildman–Crippen MR) is 150 cm³/mol. The Balaban J connectivity index is 1.61. The molecular weight excluding hydrogens is 543 g/mol. The highest BCUT2D eigenvalue weighted by atomic mass is 35.5. The zero-order valence-corrected chi connectivity index (χ0v) is 22.8. The quantitative estimate of drug-likeness (QED) is 0.224. The summed E-state index contributed by atoms with van der Waals surface area (Å²) in [6, 6.07) is 16.0. The number of carbonyl (C=O) groups excluding carboxylic acids is 3. The molecule has 0 bridgehead atoms. The monoisotopic (exact) mass is 568 g/mol. The first-order valence-electron chi connectivity index (χ1n) is 12.3. The molecule has 0 unspecified atom stereocenters. The van der Waals surface area contributed by atoms with E-state index in [9.17, 15) is 14.4 Å². The lowest BCUT2D eigenvalue weighted by Crippen LogP contribution is -2.54. The summed E-state index contributed by atoms with van der Waals surface area (Å²) in [5.41, 5.74) is 1.34. The van der Waals surface area contributed by atoms with E-state index in [1.54, 1.807) is 48.5 Å². The number of anilines is 1. The predicted octanol–water partition coefficient (Wildman–Crippen LogP) is 6.43. The molecule has 8 nitrogen and oxygen atoms in total. The van der Waals surface area contributed by atoms with Crippen LogP contribution in [0, 0.1) is 0 Å². The summed E-state index contributed by atoms with van der Waals surface area (Å²) >= 11 is 12.5. The molecule has 1 fully saturated rings. The third kappa shape index (κ3) is 6.71. The Kier molecular flexibility index (Phi) is 9.11. The fourth-order valence-corrected chi connectivity index (χ4v) is 4.18. The van der Waals surface area contributed by atoms with E-state index in [-0.39, 0.29) is 17.2 Å². The van der Waals surface area contributed by atoms with Crippen molar-refractivity contribution in [3.8, 4) is 17.2 Å². The number of benzene rings is 3. The van der Waals surface area contributed by atoms with Crippen molar-refractivity contribution < 1.29 is 28.6 Å². The Labute approximate surface area is 236 Å². The maximum atomic E-state index is 13.3. The van der Waals surface area contributed by atoms with Gasteiger partial charge in [0.1, 0.15) is 17.9 Å². The average molecular weight is 569 g/mol. The van der Waals surface area contributed by atoms with Crippen LogP contribution in [0.15, 0.2) is 66.2 Å². The number of rotatable bonds is 10. The van der Waals surface area contributed by atoms with Gasteiger partial charge >= 0.3 is 6.03 Å². The summed E-state index contributed by atoms with van der Waals surface area (Å²) in [6.45, 7) is 4.89. The molecule has 202 valence electrons. The van der Waals surface area contributed by atoms with Crippen LogP contribution in [-0.4, -0.2) is 31.1 Å². The van der Waals surface area contributed by atoms with E-state index in [1.807, 2.05) is 26.0 Å². The van der Waals surface area contributed by atoms with Gasteiger partial charge in [-0.1, -0.05) is 42.3 Å². The molecule has 0 saturated carbocycles. The lowest BCUT2D eigenvalue weighted by Gasteiger charge is -2.26. The second kappa shape index (κ2) is 12.7. The highest BCUT2D eigenvalue weighted by Crippen LogP contribution is 2.38. The van der Waals surface area contributed by atoms with Gasteiger partial charge in [0, 0.05) is 5.02 Å². The molecule has 1 N–H and O–H groups in total. The number of nitrogens with zero attached hydrogens (tertiary/aromatic N) is 1. The Morgan fingerprint density at radius 3 is 2.28 bits per heavy atom. The molecule has 0 atom stereocenters. The van der Waals surface area contributed by atoms with Crippen LogP contribution < -0.4 is 24.4 Å². The van der Waals surface area contributed by atoms with Crippen LogP contribution in [0.3, 0.4) is 0 Å². The molecule has 3 aromatic carbocycles. The van der Waals surface area contributed by atoms with E-state index >= 15 is 0 Å². The van der Waals surface area contributed by atoms with Gasteiger partial charge in [-0.2, -0.15) is 0 Å². The zero-order valence-electron chi connectivity index (χ0n) is 21.3. The molecule has 39 heavy (non-hydrogen) atoms. The molecular formula is C29H26Cl2N2O6. The summed E-state index contributed by atoms with van der Waals surface area (Å²) in [6.07, 6.45) is 2.20. The van der Waals surface area contributed by atoms with Gasteiger partial charge in [0.25, 0.3) is 11.8 Å². The molecule has 1 aliphatic rings. The topological polar surface area (TPSA) is 94.2 Å². The smallest absolute Gasteiger partial charge is 0.335 e. The van der Waals surface area contributed by atoms with Crippen molar-refractivity contribution in [1.29, 1.82) is 0 Å². The molecule has 1 heterocycles. The molecule has 1 saturated heterocycles. The summed E-state index contributed by atoms with van der Waals surface area (Å²) in [4.78, 5) is 39.4. The summed E-state index contributed by atoms with van der Waals surface area (Å²) in [5.74, 6) is -0.333. The molecule has 4 amide bonds. The summed E-state index contributed by atoms with van der Waals surface area (Å²) in [5, 5.41) is 3.05. The average Bonchev–Trinajstić information content (AvgIpc) is 2.91. The van der Waals surface area contributed by atoms with Crippen LogP contribution in [0.25, 0.3) is 6.08 Å². The third-order valence-corrected chi connectivity index (χ3v) is 6.14. The maximum Gasteiger partial charge on any atom is 0.335 e. The van der Waals surface area contributed by atoms with Crippen molar-refractivity contribution in [3.05, 3.63) is 87.4 Å². The van der Waals surface area contributed by atoms with Crippen molar-refractivity contribution in [2.75, 3.05) is 18.1 Å². The first-order valence-corrected chi connectivity index (χ1v) is 13.0. The van der Waals surface area contributed by atoms with E-state index in [2.05, 4.69) is 5.32 Å². The zero-order chi connectivity index (χ0) is 27.9. The van der Waals surface area contributed by atoms with Crippen LogP contribution in [0.5, 0.6) is 17.2 Å². The number of imide groups is 2. The number of barbiturate groups is 1. The largest absolute Gasteiger partial charge is 0.494 e. The Bertz CT molecular complexity index is 1400. The normalized spacial score (nSPS) is 14.4. The highest BCUT2D eigenvalue weighted by molar-refractivity contribution is 6.39. The summed E-state index contributed by atoms with van der Waals surface area (Å²) < 4.78 is 17.2. The number of amides is 4. The van der Waals surface area contributed by atoms with Crippen LogP contribution in [0.4, 0.5) is 10.5 Å². The van der Waals surface area contributed by atoms with Gasteiger partial charge in [-0.3, -0.25) is 14.9 Å². The van der Waals surface area contributed by atoms with Crippen molar-refractivity contribution >= 4 is 52.8 Å². The Morgan fingerprint density at radius 2 is 1.62 bits per heavy atom. The highest BCUT2D eigenvalue weighted by Gasteiger charge is 2.37. The first kappa shape index (κ1) is 28.0. The van der Waals surface area contributed by atoms with Crippen molar-refractivity contribution in [2.24, 2.45) is 0 Å². The van der Waals surface area contributed by atoms with E-state index in [0.717, 1.165) is 16.9 Å². The van der Waals surface area contributed by atoms with Crippen LogP contribution in [-0.2, 0) is 16.2 Å². The fraction of sp³-hybridized carbons (Fsp3) is 0.207. The van der Waals surface area contributed by atoms with Crippen molar-refractivity contribution in [1.82, 2.24) is 5.32 Å². The van der Waals surface area contributed by atoms with E-state index < -0.39 is 17.8 Å². The number of urea groups is 1. The molecule has 10 heteroatoms. The minimum Gasteiger partial charge on any atom is -0.494 e. The van der Waals surface area contributed by atoms with E-state index in [0.29, 0.717) is 46.7 Å². The summed E-state index contributed by atoms with van der Waals surface area (Å²) in [7, 11) is 0. The van der Waals surface area contributed by atoms with Gasteiger partial charge in [0.2, 0.25) is 0 Å². The lowest BCUT2D eigenvalue weighted by molar-refractivity contribution is -0.122. The standard InChI is InChI=1S/C29H26Cl2N2O6/c1-3-13-38-22-11-9-21(10-12-22)33-28(35)23(27(34)32-29(33)36)14-19-15-24(31)26(25(16-19)37-4-2)39-17-18-5-7-20(30)8-6-18/h5-12,14-16H,3-4,13,17H2,1-2H3,(H,32,34,36)/b23-14-. The molecule has 0 radical (unpaired) electrons. The van der Waals surface area contributed by atoms with Gasteiger partial charge in [-0.25, -0.2) is 9.69 Å². The second-order valence-corrected chi connectivity index (χ2v) is 9.32. The minimum atomic E-state index is -0.844. The fourth-order valence-electron chi connectivity index (χ4n) is 3.78. The van der Waals surface area contributed by atoms with Crippen LogP contribution in [0.1, 0.15) is 31.4 Å². The van der Waals surface area contributed by atoms with Crippen molar-refractivity contribution in [2.45, 2.75) is 26.9 Å². The van der Waals surface area contributed by atoms with Gasteiger partial charge in [0.05, 0.1) is 23.9 Å². The molecule has 4 rings (SSSR count). The van der Waals surface area contributed by atoms with Gasteiger partial charge in [0.15, 0.2) is 11.5 Å². The number of ether oxygens (including phenoxy) is 3. The number of halogens is 2. The SMILES string of the molecule is CCCOc1ccc(N2C(=O)NC(=O)/C(=C/c3cc(Cl)c(OCc4ccc(Cl)cc4)c(OCC)c3)C2=O)cc1. The lowest BCUT2D eigenvalue weighted by atomic mass is 10.1. The molecule has 0 aromatic heterocycles. The maximum absolute atomic E-state index is 13.3. The molecule has 0 spiro atoms. The first-order chi connectivity index (χ1) is 18.8. The molecule has 0 aliphatic carbocycles. The second-order valence-electron chi connectivity index (χ2n) is 8.48. The number of carbonyl (C=O) groups is 3.